The average Bonchev–Trinajstić information content (AvgIpc) is 2.53. The van der Waals surface area contributed by atoms with E-state index in [9.17, 15) is 14.4 Å². The van der Waals surface area contributed by atoms with Gasteiger partial charge in [0.2, 0.25) is 0 Å². The highest BCUT2D eigenvalue weighted by molar-refractivity contribution is 6.06. The molecular formula is C6H4O5. The van der Waals surface area contributed by atoms with Gasteiger partial charge in [-0.1, -0.05) is 0 Å². The maximum atomic E-state index is 10.6. The van der Waals surface area contributed by atoms with Crippen molar-refractivity contribution in [1.82, 2.24) is 0 Å². The second kappa shape index (κ2) is 1.61. The van der Waals surface area contributed by atoms with Crippen LogP contribution in [0.4, 0.5) is 0 Å². The first-order valence-electron chi connectivity index (χ1n) is 3.11. The summed E-state index contributed by atoms with van der Waals surface area (Å²) in [5.74, 6) is -4.67. The van der Waals surface area contributed by atoms with Crippen LogP contribution in [0.25, 0.3) is 0 Å². The van der Waals surface area contributed by atoms with Crippen LogP contribution in [0.5, 0.6) is 0 Å². The molecule has 0 radical (unpaired) electrons. The fourth-order valence-electron chi connectivity index (χ4n) is 1.44. The molecule has 2 rings (SSSR count). The van der Waals surface area contributed by atoms with Crippen LogP contribution in [0.2, 0.25) is 0 Å². The minimum atomic E-state index is -1.09. The Bertz CT molecular complexity index is 241. The summed E-state index contributed by atoms with van der Waals surface area (Å²) in [6.45, 7) is 0. The molecule has 0 aromatic carbocycles. The zero-order valence-electron chi connectivity index (χ0n) is 5.31. The Balaban J connectivity index is 2.22. The molecule has 1 aliphatic heterocycles. The number of carboxylic acids is 1. The third kappa shape index (κ3) is 0.621. The standard InChI is InChI=1S/C6H4O5/c7-4(8)1-2-3(1)6(10)11-5(2)9/h1-3H,(H,7,8)/t2-,3-/m1/s1. The van der Waals surface area contributed by atoms with Crippen molar-refractivity contribution in [2.45, 2.75) is 0 Å². The second-order valence-corrected chi connectivity index (χ2v) is 2.66. The summed E-state index contributed by atoms with van der Waals surface area (Å²) in [7, 11) is 0. The summed E-state index contributed by atoms with van der Waals surface area (Å²) >= 11 is 0. The van der Waals surface area contributed by atoms with Crippen LogP contribution in [0.15, 0.2) is 0 Å². The van der Waals surface area contributed by atoms with E-state index in [2.05, 4.69) is 4.74 Å². The molecule has 2 atom stereocenters. The van der Waals surface area contributed by atoms with Crippen molar-refractivity contribution in [2.24, 2.45) is 17.8 Å². The van der Waals surface area contributed by atoms with E-state index in [1.807, 2.05) is 0 Å². The molecule has 0 bridgehead atoms. The Hall–Kier alpha value is -1.39. The van der Waals surface area contributed by atoms with Gasteiger partial charge in [-0.05, 0) is 0 Å². The van der Waals surface area contributed by atoms with Gasteiger partial charge in [-0.2, -0.15) is 0 Å². The van der Waals surface area contributed by atoms with Crippen LogP contribution in [-0.2, 0) is 19.1 Å². The molecule has 1 saturated heterocycles. The van der Waals surface area contributed by atoms with Gasteiger partial charge in [-0.3, -0.25) is 14.4 Å². The van der Waals surface area contributed by atoms with Crippen LogP contribution >= 0.6 is 0 Å². The lowest BCUT2D eigenvalue weighted by atomic mass is 10.3. The van der Waals surface area contributed by atoms with E-state index in [1.54, 1.807) is 0 Å². The van der Waals surface area contributed by atoms with Crippen LogP contribution in [0.1, 0.15) is 0 Å². The molecule has 2 fully saturated rings. The SMILES string of the molecule is O=C(O)C1[C@H]2C(=O)OC(=O)[C@H]12. The third-order valence-electron chi connectivity index (χ3n) is 2.05. The fourth-order valence-corrected chi connectivity index (χ4v) is 1.44. The third-order valence-corrected chi connectivity index (χ3v) is 2.05. The summed E-state index contributed by atoms with van der Waals surface area (Å²) in [5.41, 5.74) is 0. The molecule has 2 aliphatic rings. The van der Waals surface area contributed by atoms with E-state index >= 15 is 0 Å². The van der Waals surface area contributed by atoms with Gasteiger partial charge in [0.25, 0.3) is 0 Å². The van der Waals surface area contributed by atoms with Gasteiger partial charge in [0, 0.05) is 0 Å². The number of esters is 2. The number of ether oxygens (including phenoxy) is 1. The summed E-state index contributed by atoms with van der Waals surface area (Å²) in [4.78, 5) is 31.6. The van der Waals surface area contributed by atoms with Crippen LogP contribution < -0.4 is 0 Å². The van der Waals surface area contributed by atoms with E-state index in [-0.39, 0.29) is 0 Å². The Morgan fingerprint density at radius 3 is 2.00 bits per heavy atom. The summed E-state index contributed by atoms with van der Waals surface area (Å²) < 4.78 is 4.16. The minimum absolute atomic E-state index is 0.688. The monoisotopic (exact) mass is 156 g/mol. The Morgan fingerprint density at radius 2 is 1.73 bits per heavy atom. The summed E-state index contributed by atoms with van der Waals surface area (Å²) in [5, 5.41) is 8.43. The van der Waals surface area contributed by atoms with Crippen LogP contribution in [0, 0.1) is 17.8 Å². The zero-order chi connectivity index (χ0) is 8.17. The van der Waals surface area contributed by atoms with Gasteiger partial charge in [-0.15, -0.1) is 0 Å². The molecule has 0 aromatic rings. The molecular weight excluding hydrogens is 152 g/mol. The fraction of sp³-hybridized carbons (Fsp3) is 0.500. The summed E-state index contributed by atoms with van der Waals surface area (Å²) in [6.07, 6.45) is 0. The molecule has 0 unspecified atom stereocenters. The average molecular weight is 156 g/mol. The second-order valence-electron chi connectivity index (χ2n) is 2.66. The van der Waals surface area contributed by atoms with Crippen molar-refractivity contribution < 1.29 is 24.2 Å². The van der Waals surface area contributed by atoms with Gasteiger partial charge in [-0.25, -0.2) is 0 Å². The Kier molecular flexibility index (Phi) is 0.925. The molecule has 58 valence electrons. The molecule has 1 heterocycles. The van der Waals surface area contributed by atoms with E-state index < -0.39 is 35.7 Å². The Labute approximate surface area is 60.9 Å². The molecule has 0 aromatic heterocycles. The summed E-state index contributed by atoms with van der Waals surface area (Å²) in [6, 6.07) is 0. The number of fused-ring (bicyclic) bond motifs is 1. The van der Waals surface area contributed by atoms with E-state index in [1.165, 1.54) is 0 Å². The number of cyclic esters (lactones) is 2. The number of hydrogen-bond acceptors (Lipinski definition) is 4. The lowest BCUT2D eigenvalue weighted by Crippen LogP contribution is -2.15. The van der Waals surface area contributed by atoms with E-state index in [0.717, 1.165) is 0 Å². The van der Waals surface area contributed by atoms with Gasteiger partial charge in [0.1, 0.15) is 0 Å². The number of carboxylic acid groups (broad SMARTS) is 1. The van der Waals surface area contributed by atoms with Crippen molar-refractivity contribution in [3.05, 3.63) is 0 Å². The number of aliphatic carboxylic acids is 1. The first-order chi connectivity index (χ1) is 5.13. The number of carbonyl (C=O) groups excluding carboxylic acids is 2. The lowest BCUT2D eigenvalue weighted by Gasteiger charge is -1.95. The quantitative estimate of drug-likeness (QED) is 0.389. The van der Waals surface area contributed by atoms with Crippen molar-refractivity contribution in [1.29, 1.82) is 0 Å². The largest absolute Gasteiger partial charge is 0.481 e. The highest BCUT2D eigenvalue weighted by Gasteiger charge is 2.70. The highest BCUT2D eigenvalue weighted by atomic mass is 16.6. The lowest BCUT2D eigenvalue weighted by molar-refractivity contribution is -0.159. The molecule has 1 N–H and O–H groups in total. The van der Waals surface area contributed by atoms with E-state index in [0.29, 0.717) is 0 Å². The topological polar surface area (TPSA) is 80.7 Å². The molecule has 1 aliphatic carbocycles. The molecule has 0 spiro atoms. The predicted molar refractivity (Wildman–Crippen MR) is 29.2 cm³/mol. The minimum Gasteiger partial charge on any atom is -0.481 e. The van der Waals surface area contributed by atoms with E-state index in [4.69, 9.17) is 5.11 Å². The normalized spacial score (nSPS) is 39.8. The van der Waals surface area contributed by atoms with Crippen molar-refractivity contribution in [3.8, 4) is 0 Å². The van der Waals surface area contributed by atoms with Gasteiger partial charge in [0.15, 0.2) is 0 Å². The van der Waals surface area contributed by atoms with Gasteiger partial charge in [0.05, 0.1) is 17.8 Å². The molecule has 11 heavy (non-hydrogen) atoms. The van der Waals surface area contributed by atoms with Crippen LogP contribution in [0.3, 0.4) is 0 Å². The van der Waals surface area contributed by atoms with Gasteiger partial charge < -0.3 is 9.84 Å². The van der Waals surface area contributed by atoms with Gasteiger partial charge >= 0.3 is 17.9 Å². The molecule has 0 amide bonds. The maximum absolute atomic E-state index is 10.6. The first kappa shape index (κ1) is 6.33. The highest BCUT2D eigenvalue weighted by Crippen LogP contribution is 2.52. The molecule has 1 saturated carbocycles. The van der Waals surface area contributed by atoms with Crippen molar-refractivity contribution >= 4 is 17.9 Å². The van der Waals surface area contributed by atoms with Crippen molar-refractivity contribution in [3.63, 3.8) is 0 Å². The number of hydrogen-bond donors (Lipinski definition) is 1. The number of rotatable bonds is 1. The first-order valence-corrected chi connectivity index (χ1v) is 3.11. The smallest absolute Gasteiger partial charge is 0.318 e. The predicted octanol–water partition coefficient (Wildman–Crippen LogP) is -0.983. The Morgan fingerprint density at radius 1 is 1.27 bits per heavy atom. The molecule has 5 nitrogen and oxygen atoms in total. The zero-order valence-corrected chi connectivity index (χ0v) is 5.31. The van der Waals surface area contributed by atoms with Crippen LogP contribution in [-0.4, -0.2) is 23.0 Å². The number of carbonyl (C=O) groups is 3. The molecule has 5 heteroatoms. The maximum Gasteiger partial charge on any atom is 0.318 e. The van der Waals surface area contributed by atoms with Crippen molar-refractivity contribution in [2.75, 3.05) is 0 Å².